The number of allylic oxidation sites excluding steroid dienone is 5. The molecule has 0 saturated carbocycles. The van der Waals surface area contributed by atoms with E-state index in [-0.39, 0.29) is 12.2 Å². The summed E-state index contributed by atoms with van der Waals surface area (Å²) in [6, 6.07) is 0. The van der Waals surface area contributed by atoms with Gasteiger partial charge in [-0.25, -0.2) is 0 Å². The summed E-state index contributed by atoms with van der Waals surface area (Å²) in [4.78, 5) is 23.3. The average molecular weight is 316 g/mol. The van der Waals surface area contributed by atoms with Gasteiger partial charge in [-0.1, -0.05) is 57.2 Å². The van der Waals surface area contributed by atoms with E-state index in [1.165, 1.54) is 6.08 Å². The first-order chi connectivity index (χ1) is 10.5. The van der Waals surface area contributed by atoms with Crippen molar-refractivity contribution in [2.45, 2.75) is 39.7 Å². The Bertz CT molecular complexity index is 650. The molecule has 0 radical (unpaired) electrons. The predicted molar refractivity (Wildman–Crippen MR) is 88.8 cm³/mol. The SMILES string of the molecule is CC1=CC(=O)CC(C)(C)C1(O)/C=C/C1(C)C=CC=CC1C(=O)O. The molecule has 0 spiro atoms. The largest absolute Gasteiger partial charge is 0.481 e. The van der Waals surface area contributed by atoms with E-state index >= 15 is 0 Å². The Kier molecular flexibility index (Phi) is 4.24. The van der Waals surface area contributed by atoms with Gasteiger partial charge in [0.1, 0.15) is 5.60 Å². The number of carbonyl (C=O) groups is 2. The summed E-state index contributed by atoms with van der Waals surface area (Å²) in [5.74, 6) is -1.60. The first-order valence-corrected chi connectivity index (χ1v) is 7.75. The van der Waals surface area contributed by atoms with Gasteiger partial charge in [0.2, 0.25) is 0 Å². The molecule has 0 heterocycles. The van der Waals surface area contributed by atoms with E-state index in [1.807, 2.05) is 32.9 Å². The lowest BCUT2D eigenvalue weighted by Gasteiger charge is -2.44. The van der Waals surface area contributed by atoms with Crippen LogP contribution in [0.4, 0.5) is 0 Å². The van der Waals surface area contributed by atoms with Gasteiger partial charge in [-0.15, -0.1) is 0 Å². The lowest BCUT2D eigenvalue weighted by atomic mass is 9.63. The molecule has 23 heavy (non-hydrogen) atoms. The molecule has 124 valence electrons. The van der Waals surface area contributed by atoms with E-state index < -0.39 is 28.3 Å². The quantitative estimate of drug-likeness (QED) is 0.785. The van der Waals surface area contributed by atoms with E-state index in [2.05, 4.69) is 0 Å². The zero-order valence-corrected chi connectivity index (χ0v) is 14.0. The summed E-state index contributed by atoms with van der Waals surface area (Å²) >= 11 is 0. The minimum atomic E-state index is -1.28. The minimum Gasteiger partial charge on any atom is -0.481 e. The Morgan fingerprint density at radius 1 is 1.26 bits per heavy atom. The molecule has 0 bridgehead atoms. The normalized spacial score (nSPS) is 36.3. The molecule has 2 aliphatic rings. The van der Waals surface area contributed by atoms with Crippen LogP contribution in [0.2, 0.25) is 0 Å². The average Bonchev–Trinajstić information content (AvgIpc) is 2.42. The van der Waals surface area contributed by atoms with E-state index in [0.717, 1.165) is 0 Å². The van der Waals surface area contributed by atoms with Gasteiger partial charge in [-0.3, -0.25) is 9.59 Å². The minimum absolute atomic E-state index is 0.000643. The van der Waals surface area contributed by atoms with Crippen LogP contribution in [0.1, 0.15) is 34.1 Å². The van der Waals surface area contributed by atoms with Crippen LogP contribution >= 0.6 is 0 Å². The van der Waals surface area contributed by atoms with Crippen molar-refractivity contribution in [1.29, 1.82) is 0 Å². The Morgan fingerprint density at radius 2 is 1.91 bits per heavy atom. The van der Waals surface area contributed by atoms with Gasteiger partial charge >= 0.3 is 5.97 Å². The number of aliphatic carboxylic acids is 1. The molecule has 0 fully saturated rings. The van der Waals surface area contributed by atoms with Crippen LogP contribution in [-0.2, 0) is 9.59 Å². The van der Waals surface area contributed by atoms with Crippen molar-refractivity contribution >= 4 is 11.8 Å². The molecule has 0 aliphatic heterocycles. The number of carboxylic acid groups (broad SMARTS) is 1. The zero-order chi connectivity index (χ0) is 17.5. The van der Waals surface area contributed by atoms with Crippen molar-refractivity contribution in [3.8, 4) is 0 Å². The van der Waals surface area contributed by atoms with Gasteiger partial charge < -0.3 is 10.2 Å². The second-order valence-corrected chi connectivity index (χ2v) is 7.38. The van der Waals surface area contributed by atoms with Crippen LogP contribution < -0.4 is 0 Å². The number of carbonyl (C=O) groups excluding carboxylic acids is 1. The van der Waals surface area contributed by atoms with Crippen LogP contribution in [0.5, 0.6) is 0 Å². The molecule has 3 atom stereocenters. The third-order valence-electron chi connectivity index (χ3n) is 5.12. The molecule has 2 rings (SSSR count). The lowest BCUT2D eigenvalue weighted by Crippen LogP contribution is -2.48. The standard InChI is InChI=1S/C19H24O4/c1-13-11-14(20)12-17(2,3)19(13,23)10-9-18(4)8-6-5-7-15(18)16(21)22/h5-11,15,23H,12H2,1-4H3,(H,21,22)/b10-9+. The molecule has 2 aliphatic carbocycles. The van der Waals surface area contributed by atoms with Gasteiger partial charge in [-0.2, -0.15) is 0 Å². The van der Waals surface area contributed by atoms with Crippen LogP contribution in [0.25, 0.3) is 0 Å². The van der Waals surface area contributed by atoms with E-state index in [1.54, 1.807) is 31.2 Å². The molecule has 2 N–H and O–H groups in total. The van der Waals surface area contributed by atoms with Crippen molar-refractivity contribution in [1.82, 2.24) is 0 Å². The van der Waals surface area contributed by atoms with Crippen LogP contribution in [0.3, 0.4) is 0 Å². The van der Waals surface area contributed by atoms with Crippen LogP contribution in [0, 0.1) is 16.7 Å². The fourth-order valence-electron chi connectivity index (χ4n) is 3.42. The molecule has 0 saturated heterocycles. The van der Waals surface area contributed by atoms with E-state index in [4.69, 9.17) is 0 Å². The summed E-state index contributed by atoms with van der Waals surface area (Å²) in [6.07, 6.45) is 12.1. The number of aliphatic hydroxyl groups is 1. The molecule has 3 unspecified atom stereocenters. The highest BCUT2D eigenvalue weighted by molar-refractivity contribution is 5.92. The van der Waals surface area contributed by atoms with Gasteiger partial charge in [0.25, 0.3) is 0 Å². The van der Waals surface area contributed by atoms with Crippen molar-refractivity contribution in [3.63, 3.8) is 0 Å². The fraction of sp³-hybridized carbons (Fsp3) is 0.474. The van der Waals surface area contributed by atoms with E-state index in [9.17, 15) is 19.8 Å². The molecular weight excluding hydrogens is 292 g/mol. The van der Waals surface area contributed by atoms with Gasteiger partial charge in [0.15, 0.2) is 5.78 Å². The molecule has 4 heteroatoms. The monoisotopic (exact) mass is 316 g/mol. The predicted octanol–water partition coefficient (Wildman–Crippen LogP) is 3.05. The second kappa shape index (κ2) is 5.60. The smallest absolute Gasteiger partial charge is 0.311 e. The number of rotatable bonds is 3. The highest BCUT2D eigenvalue weighted by atomic mass is 16.4. The van der Waals surface area contributed by atoms with Crippen LogP contribution in [-0.4, -0.2) is 27.6 Å². The maximum Gasteiger partial charge on any atom is 0.311 e. The summed E-state index contributed by atoms with van der Waals surface area (Å²) in [5, 5.41) is 20.6. The Morgan fingerprint density at radius 3 is 2.48 bits per heavy atom. The van der Waals surface area contributed by atoms with Crippen molar-refractivity contribution in [3.05, 3.63) is 48.1 Å². The number of hydrogen-bond donors (Lipinski definition) is 2. The number of ketones is 1. The van der Waals surface area contributed by atoms with Gasteiger partial charge in [0, 0.05) is 17.3 Å². The van der Waals surface area contributed by atoms with Crippen molar-refractivity contribution in [2.75, 3.05) is 0 Å². The van der Waals surface area contributed by atoms with E-state index in [0.29, 0.717) is 5.57 Å². The topological polar surface area (TPSA) is 74.6 Å². The second-order valence-electron chi connectivity index (χ2n) is 7.38. The fourth-order valence-corrected chi connectivity index (χ4v) is 3.42. The highest BCUT2D eigenvalue weighted by Gasteiger charge is 2.47. The molecule has 0 aromatic heterocycles. The maximum atomic E-state index is 11.8. The molecular formula is C19H24O4. The summed E-state index contributed by atoms with van der Waals surface area (Å²) in [7, 11) is 0. The van der Waals surface area contributed by atoms with Crippen molar-refractivity contribution < 1.29 is 19.8 Å². The van der Waals surface area contributed by atoms with Crippen LogP contribution in [0.15, 0.2) is 48.1 Å². The Hall–Kier alpha value is -1.94. The third-order valence-corrected chi connectivity index (χ3v) is 5.12. The summed E-state index contributed by atoms with van der Waals surface area (Å²) < 4.78 is 0. The summed E-state index contributed by atoms with van der Waals surface area (Å²) in [6.45, 7) is 7.25. The third kappa shape index (κ3) is 2.95. The zero-order valence-electron chi connectivity index (χ0n) is 14.0. The number of hydrogen-bond acceptors (Lipinski definition) is 3. The highest BCUT2D eigenvalue weighted by Crippen LogP contribution is 2.45. The first-order valence-electron chi connectivity index (χ1n) is 7.75. The van der Waals surface area contributed by atoms with Crippen molar-refractivity contribution in [2.24, 2.45) is 16.7 Å². The maximum absolute atomic E-state index is 11.8. The summed E-state index contributed by atoms with van der Waals surface area (Å²) in [5.41, 5.74) is -2.07. The molecule has 4 nitrogen and oxygen atoms in total. The molecule has 0 aromatic carbocycles. The first kappa shape index (κ1) is 17.4. The van der Waals surface area contributed by atoms with Gasteiger partial charge in [0.05, 0.1) is 5.92 Å². The molecule has 0 amide bonds. The number of carboxylic acids is 1. The van der Waals surface area contributed by atoms with Gasteiger partial charge in [-0.05, 0) is 18.6 Å². The lowest BCUT2D eigenvalue weighted by molar-refractivity contribution is -0.142. The molecule has 0 aromatic rings. The Labute approximate surface area is 136 Å². The Balaban J connectivity index is 2.43.